The Bertz CT molecular complexity index is 453. The van der Waals surface area contributed by atoms with E-state index in [1.54, 1.807) is 0 Å². The van der Waals surface area contributed by atoms with Crippen LogP contribution in [0, 0.1) is 0 Å². The van der Waals surface area contributed by atoms with E-state index in [9.17, 15) is 26.7 Å². The summed E-state index contributed by atoms with van der Waals surface area (Å²) in [6, 6.07) is 1.46. The minimum absolute atomic E-state index is 0.194. The predicted octanol–water partition coefficient (Wildman–Crippen LogP) is 4.61. The predicted molar refractivity (Wildman–Crippen MR) is 54.1 cm³/mol. The van der Waals surface area contributed by atoms with Crippen LogP contribution in [-0.2, 0) is 6.18 Å². The molecule has 1 aromatic rings. The number of hydrogen-bond acceptors (Lipinski definition) is 1. The maximum Gasteiger partial charge on any atom is 0.417 e. The Morgan fingerprint density at radius 2 is 1.82 bits per heavy atom. The second-order valence-electron chi connectivity index (χ2n) is 3.28. The van der Waals surface area contributed by atoms with Crippen LogP contribution in [0.4, 0.5) is 22.0 Å². The van der Waals surface area contributed by atoms with Gasteiger partial charge in [-0.05, 0) is 19.1 Å². The lowest BCUT2D eigenvalue weighted by Crippen LogP contribution is -2.12. The van der Waals surface area contributed by atoms with E-state index in [4.69, 9.17) is 0 Å². The fourth-order valence-corrected chi connectivity index (χ4v) is 2.00. The Balaban J connectivity index is 3.55. The van der Waals surface area contributed by atoms with Crippen molar-refractivity contribution in [1.82, 2.24) is 0 Å². The fraction of sp³-hybridized carbons (Fsp3) is 0.300. The molecule has 0 unspecified atom stereocenters. The minimum Gasteiger partial charge on any atom is -0.295 e. The average molecular weight is 317 g/mol. The van der Waals surface area contributed by atoms with Crippen LogP contribution in [0.3, 0.4) is 0 Å². The largest absolute Gasteiger partial charge is 0.417 e. The van der Waals surface area contributed by atoms with E-state index in [2.05, 4.69) is 15.9 Å². The lowest BCUT2D eigenvalue weighted by molar-refractivity contribution is -0.140. The second-order valence-corrected chi connectivity index (χ2v) is 4.13. The molecule has 0 saturated heterocycles. The zero-order chi connectivity index (χ0) is 13.4. The molecule has 17 heavy (non-hydrogen) atoms. The third kappa shape index (κ3) is 3.02. The highest BCUT2D eigenvalue weighted by Crippen LogP contribution is 2.41. The van der Waals surface area contributed by atoms with Gasteiger partial charge in [-0.2, -0.15) is 13.2 Å². The molecular formula is C10H6BrF5O. The molecule has 94 valence electrons. The zero-order valence-electron chi connectivity index (χ0n) is 8.41. The molecule has 0 aliphatic rings. The molecule has 1 nitrogen and oxygen atoms in total. The van der Waals surface area contributed by atoms with Gasteiger partial charge >= 0.3 is 6.18 Å². The van der Waals surface area contributed by atoms with E-state index in [-0.39, 0.29) is 5.56 Å². The highest BCUT2D eigenvalue weighted by molar-refractivity contribution is 9.10. The summed E-state index contributed by atoms with van der Waals surface area (Å²) in [6.07, 6.45) is -8.21. The zero-order valence-corrected chi connectivity index (χ0v) is 9.99. The maximum absolute atomic E-state index is 12.6. The summed E-state index contributed by atoms with van der Waals surface area (Å²) >= 11 is 2.56. The van der Waals surface area contributed by atoms with Crippen molar-refractivity contribution >= 4 is 21.7 Å². The summed E-state index contributed by atoms with van der Waals surface area (Å²) in [7, 11) is 0. The number of rotatable bonds is 2. The highest BCUT2D eigenvalue weighted by atomic mass is 79.9. The number of Topliss-reactive ketones (excluding diaryl/α,β-unsaturated/α-hetero) is 1. The third-order valence-electron chi connectivity index (χ3n) is 2.05. The maximum atomic E-state index is 12.6. The summed E-state index contributed by atoms with van der Waals surface area (Å²) in [5, 5.41) is 0. The molecule has 0 saturated carbocycles. The first-order chi connectivity index (χ1) is 7.64. The monoisotopic (exact) mass is 316 g/mol. The highest BCUT2D eigenvalue weighted by Gasteiger charge is 2.38. The molecule has 0 N–H and O–H groups in total. The summed E-state index contributed by atoms with van der Waals surface area (Å²) in [6.45, 7) is 1.09. The number of ketones is 1. The molecule has 0 atom stereocenters. The van der Waals surface area contributed by atoms with Gasteiger partial charge in [0.05, 0.1) is 5.56 Å². The normalized spacial score (nSPS) is 12.0. The van der Waals surface area contributed by atoms with Gasteiger partial charge in [0.1, 0.15) is 0 Å². The van der Waals surface area contributed by atoms with E-state index >= 15 is 0 Å². The Morgan fingerprint density at radius 1 is 1.29 bits per heavy atom. The Hall–Kier alpha value is -0.980. The molecule has 0 aliphatic heterocycles. The Labute approximate surface area is 102 Å². The van der Waals surface area contributed by atoms with Crippen molar-refractivity contribution in [3.63, 3.8) is 0 Å². The molecule has 0 radical (unpaired) electrons. The lowest BCUT2D eigenvalue weighted by Gasteiger charge is -2.15. The van der Waals surface area contributed by atoms with Crippen molar-refractivity contribution < 1.29 is 26.7 Å². The molecule has 0 heterocycles. The van der Waals surface area contributed by atoms with Gasteiger partial charge < -0.3 is 0 Å². The summed E-state index contributed by atoms with van der Waals surface area (Å²) < 4.78 is 62.2. The molecule has 1 aromatic carbocycles. The van der Waals surface area contributed by atoms with E-state index in [0.29, 0.717) is 6.07 Å². The van der Waals surface area contributed by atoms with Crippen molar-refractivity contribution in [2.45, 2.75) is 19.5 Å². The van der Waals surface area contributed by atoms with E-state index in [1.165, 1.54) is 0 Å². The third-order valence-corrected chi connectivity index (χ3v) is 2.67. The first-order valence-corrected chi connectivity index (χ1v) is 5.13. The number of carbonyl (C=O) groups is 1. The van der Waals surface area contributed by atoms with Gasteiger partial charge in [-0.1, -0.05) is 15.9 Å². The second kappa shape index (κ2) is 4.72. The van der Waals surface area contributed by atoms with Crippen molar-refractivity contribution in [2.75, 3.05) is 0 Å². The van der Waals surface area contributed by atoms with Crippen molar-refractivity contribution in [3.05, 3.63) is 33.3 Å². The van der Waals surface area contributed by atoms with Crippen LogP contribution < -0.4 is 0 Å². The van der Waals surface area contributed by atoms with Crippen LogP contribution >= 0.6 is 15.9 Å². The van der Waals surface area contributed by atoms with Gasteiger partial charge in [0, 0.05) is 15.6 Å². The molecule has 0 bridgehead atoms. The number of halogens is 6. The molecule has 0 fully saturated rings. The smallest absolute Gasteiger partial charge is 0.295 e. The molecule has 1 rings (SSSR count). The summed E-state index contributed by atoms with van der Waals surface area (Å²) in [5.41, 5.74) is -2.84. The average Bonchev–Trinajstić information content (AvgIpc) is 2.13. The number of alkyl halides is 5. The van der Waals surface area contributed by atoms with Crippen LogP contribution in [0.5, 0.6) is 0 Å². The molecule has 7 heteroatoms. The van der Waals surface area contributed by atoms with Crippen molar-refractivity contribution in [3.8, 4) is 0 Å². The molecule has 0 aromatic heterocycles. The van der Waals surface area contributed by atoms with Crippen LogP contribution in [0.15, 0.2) is 16.6 Å². The molecule has 0 amide bonds. The van der Waals surface area contributed by atoms with Gasteiger partial charge in [-0.15, -0.1) is 0 Å². The minimum atomic E-state index is -4.90. The van der Waals surface area contributed by atoms with Gasteiger partial charge in [-0.25, -0.2) is 8.78 Å². The molecule has 0 spiro atoms. The quantitative estimate of drug-likeness (QED) is 0.575. The van der Waals surface area contributed by atoms with E-state index < -0.39 is 34.0 Å². The van der Waals surface area contributed by atoms with Crippen LogP contribution in [0.25, 0.3) is 0 Å². The number of carbonyl (C=O) groups excluding carboxylic acids is 1. The van der Waals surface area contributed by atoms with Gasteiger partial charge in [-0.3, -0.25) is 4.79 Å². The van der Waals surface area contributed by atoms with Crippen LogP contribution in [-0.4, -0.2) is 5.78 Å². The summed E-state index contributed by atoms with van der Waals surface area (Å²) in [4.78, 5) is 11.0. The molecule has 0 aliphatic carbocycles. The first-order valence-electron chi connectivity index (χ1n) is 4.34. The van der Waals surface area contributed by atoms with Crippen molar-refractivity contribution in [2.24, 2.45) is 0 Å². The van der Waals surface area contributed by atoms with Gasteiger partial charge in [0.15, 0.2) is 5.78 Å². The fourth-order valence-electron chi connectivity index (χ4n) is 1.30. The molecular weight excluding hydrogens is 311 g/mol. The van der Waals surface area contributed by atoms with Gasteiger partial charge in [0.2, 0.25) is 0 Å². The summed E-state index contributed by atoms with van der Waals surface area (Å²) in [5.74, 6) is -0.582. The van der Waals surface area contributed by atoms with E-state index in [1.807, 2.05) is 0 Å². The van der Waals surface area contributed by atoms with Crippen LogP contribution in [0.2, 0.25) is 0 Å². The topological polar surface area (TPSA) is 17.1 Å². The van der Waals surface area contributed by atoms with E-state index in [0.717, 1.165) is 13.0 Å². The van der Waals surface area contributed by atoms with Crippen molar-refractivity contribution in [1.29, 1.82) is 0 Å². The number of hydrogen-bond donors (Lipinski definition) is 0. The number of benzene rings is 1. The first kappa shape index (κ1) is 14.1. The van der Waals surface area contributed by atoms with Crippen LogP contribution in [0.1, 0.15) is 34.8 Å². The Kier molecular flexibility index (Phi) is 3.91. The van der Waals surface area contributed by atoms with Gasteiger partial charge in [0.25, 0.3) is 6.43 Å². The Morgan fingerprint density at radius 3 is 2.18 bits per heavy atom. The SMILES string of the molecule is CC(=O)c1cc(Br)c(C(F)(F)F)c(C(F)F)c1. The lowest BCUT2D eigenvalue weighted by atomic mass is 10.0. The standard InChI is InChI=1S/C10H6BrF5O/c1-4(17)5-2-6(9(12)13)8(7(11)3-5)10(14,15)16/h2-3,9H,1H3.